The molecule has 3 nitrogen and oxygen atoms in total. The maximum atomic E-state index is 5.65. The standard InChI is InChI=1S/C17H22N2O/c1-18-9-11-7-16-14(8-12(20-3)10-19(16)2)13-5-4-6-15(18)17(11)13/h4-6,9,12,14,16H,7-8,10H2,1-3H3/t12?,14-,16-/m1/s1. The second-order valence-corrected chi connectivity index (χ2v) is 6.42. The number of aromatic nitrogens is 1. The van der Waals surface area contributed by atoms with Gasteiger partial charge in [0.15, 0.2) is 0 Å². The maximum Gasteiger partial charge on any atom is 0.0704 e. The van der Waals surface area contributed by atoms with Crippen molar-refractivity contribution >= 4 is 10.9 Å². The summed E-state index contributed by atoms with van der Waals surface area (Å²) >= 11 is 0. The van der Waals surface area contributed by atoms with Gasteiger partial charge in [0, 0.05) is 49.8 Å². The Hall–Kier alpha value is -1.32. The monoisotopic (exact) mass is 270 g/mol. The molecule has 0 saturated carbocycles. The smallest absolute Gasteiger partial charge is 0.0704 e. The summed E-state index contributed by atoms with van der Waals surface area (Å²) in [4.78, 5) is 2.50. The first kappa shape index (κ1) is 12.4. The van der Waals surface area contributed by atoms with Gasteiger partial charge >= 0.3 is 0 Å². The van der Waals surface area contributed by atoms with Crippen LogP contribution in [0.4, 0.5) is 0 Å². The molecule has 0 amide bonds. The molecule has 3 atom stereocenters. The molecule has 2 aliphatic rings. The molecular formula is C17H22N2O. The minimum absolute atomic E-state index is 0.363. The third-order valence-electron chi connectivity index (χ3n) is 5.33. The van der Waals surface area contributed by atoms with E-state index < -0.39 is 0 Å². The van der Waals surface area contributed by atoms with Crippen LogP contribution >= 0.6 is 0 Å². The van der Waals surface area contributed by atoms with Gasteiger partial charge in [0.2, 0.25) is 0 Å². The highest BCUT2D eigenvalue weighted by atomic mass is 16.5. The summed E-state index contributed by atoms with van der Waals surface area (Å²) in [6, 6.07) is 7.40. The molecular weight excluding hydrogens is 248 g/mol. The Morgan fingerprint density at radius 3 is 2.90 bits per heavy atom. The van der Waals surface area contributed by atoms with Gasteiger partial charge in [0.25, 0.3) is 0 Å². The summed E-state index contributed by atoms with van der Waals surface area (Å²) < 4.78 is 7.93. The third kappa shape index (κ3) is 1.60. The van der Waals surface area contributed by atoms with Crippen molar-refractivity contribution in [2.45, 2.75) is 30.9 Å². The molecule has 2 heterocycles. The van der Waals surface area contributed by atoms with Gasteiger partial charge in [-0.3, -0.25) is 4.90 Å². The molecule has 0 spiro atoms. The van der Waals surface area contributed by atoms with E-state index >= 15 is 0 Å². The van der Waals surface area contributed by atoms with Gasteiger partial charge in [-0.1, -0.05) is 12.1 Å². The zero-order chi connectivity index (χ0) is 13.9. The topological polar surface area (TPSA) is 17.4 Å². The lowest BCUT2D eigenvalue weighted by Crippen LogP contribution is -2.50. The van der Waals surface area contributed by atoms with Crippen molar-refractivity contribution in [2.24, 2.45) is 7.05 Å². The molecule has 20 heavy (non-hydrogen) atoms. The fraction of sp³-hybridized carbons (Fsp3) is 0.529. The molecule has 1 aromatic heterocycles. The van der Waals surface area contributed by atoms with Crippen LogP contribution in [0, 0.1) is 0 Å². The van der Waals surface area contributed by atoms with Crippen molar-refractivity contribution in [3.05, 3.63) is 35.5 Å². The number of likely N-dealkylation sites (N-methyl/N-ethyl adjacent to an activating group) is 1. The summed E-state index contributed by atoms with van der Waals surface area (Å²) in [6.07, 6.45) is 5.01. The molecule has 4 rings (SSSR count). The van der Waals surface area contributed by atoms with Crippen LogP contribution in [0.1, 0.15) is 23.5 Å². The lowest BCUT2D eigenvalue weighted by molar-refractivity contribution is 0.00482. The Morgan fingerprint density at radius 1 is 1.25 bits per heavy atom. The van der Waals surface area contributed by atoms with Crippen LogP contribution in [-0.2, 0) is 18.2 Å². The van der Waals surface area contributed by atoms with Gasteiger partial charge in [-0.25, -0.2) is 0 Å². The third-order valence-corrected chi connectivity index (χ3v) is 5.33. The second kappa shape index (κ2) is 4.34. The number of nitrogens with zero attached hydrogens (tertiary/aromatic N) is 2. The van der Waals surface area contributed by atoms with E-state index in [1.54, 1.807) is 0 Å². The Morgan fingerprint density at radius 2 is 2.10 bits per heavy atom. The molecule has 106 valence electrons. The normalized spacial score (nSPS) is 29.6. The van der Waals surface area contributed by atoms with Crippen LogP contribution in [0.25, 0.3) is 10.9 Å². The number of piperidine rings is 1. The first-order valence-corrected chi connectivity index (χ1v) is 7.49. The van der Waals surface area contributed by atoms with E-state index in [0.717, 1.165) is 13.0 Å². The van der Waals surface area contributed by atoms with Crippen molar-refractivity contribution < 1.29 is 4.74 Å². The summed E-state index contributed by atoms with van der Waals surface area (Å²) in [7, 11) is 6.25. The molecule has 1 fully saturated rings. The Kier molecular flexibility index (Phi) is 2.69. The number of hydrogen-bond acceptors (Lipinski definition) is 2. The van der Waals surface area contributed by atoms with E-state index in [1.165, 1.54) is 28.5 Å². The number of benzene rings is 1. The van der Waals surface area contributed by atoms with Gasteiger partial charge in [-0.2, -0.15) is 0 Å². The predicted molar refractivity (Wildman–Crippen MR) is 81.2 cm³/mol. The van der Waals surface area contributed by atoms with Crippen LogP contribution in [0.2, 0.25) is 0 Å². The molecule has 1 aromatic carbocycles. The van der Waals surface area contributed by atoms with Crippen molar-refractivity contribution in [1.29, 1.82) is 0 Å². The molecule has 1 aliphatic carbocycles. The van der Waals surface area contributed by atoms with Crippen molar-refractivity contribution in [1.82, 2.24) is 9.47 Å². The summed E-state index contributed by atoms with van der Waals surface area (Å²) in [5.41, 5.74) is 4.42. The van der Waals surface area contributed by atoms with Crippen LogP contribution in [0.5, 0.6) is 0 Å². The van der Waals surface area contributed by atoms with Crippen LogP contribution in [0.15, 0.2) is 24.4 Å². The molecule has 2 aromatic rings. The highest BCUT2D eigenvalue weighted by Gasteiger charge is 2.39. The number of aryl methyl sites for hydroxylation is 1. The van der Waals surface area contributed by atoms with E-state index in [1.807, 2.05) is 7.11 Å². The second-order valence-electron chi connectivity index (χ2n) is 6.42. The van der Waals surface area contributed by atoms with E-state index in [0.29, 0.717) is 18.1 Å². The van der Waals surface area contributed by atoms with Crippen LogP contribution in [-0.4, -0.2) is 42.3 Å². The molecule has 1 saturated heterocycles. The number of likely N-dealkylation sites (tertiary alicyclic amines) is 1. The summed E-state index contributed by atoms with van der Waals surface area (Å²) in [6.45, 7) is 1.05. The van der Waals surface area contributed by atoms with Crippen molar-refractivity contribution in [3.63, 3.8) is 0 Å². The fourth-order valence-corrected chi connectivity index (χ4v) is 4.34. The minimum Gasteiger partial charge on any atom is -0.380 e. The van der Waals surface area contributed by atoms with E-state index in [4.69, 9.17) is 4.74 Å². The average molecular weight is 270 g/mol. The first-order valence-electron chi connectivity index (χ1n) is 7.49. The Balaban J connectivity index is 1.89. The zero-order valence-corrected chi connectivity index (χ0v) is 12.5. The minimum atomic E-state index is 0.363. The largest absolute Gasteiger partial charge is 0.380 e. The summed E-state index contributed by atoms with van der Waals surface area (Å²) in [5, 5.41) is 1.50. The van der Waals surface area contributed by atoms with Crippen molar-refractivity contribution in [2.75, 3.05) is 20.7 Å². The van der Waals surface area contributed by atoms with Gasteiger partial charge in [0.1, 0.15) is 0 Å². The number of methoxy groups -OCH3 is 1. The number of hydrogen-bond donors (Lipinski definition) is 0. The lowest BCUT2D eigenvalue weighted by Gasteiger charge is -2.45. The Bertz CT molecular complexity index is 660. The molecule has 0 N–H and O–H groups in total. The van der Waals surface area contributed by atoms with Crippen LogP contribution < -0.4 is 0 Å². The molecule has 0 bridgehead atoms. The Labute approximate surface area is 120 Å². The van der Waals surface area contributed by atoms with Crippen LogP contribution in [0.3, 0.4) is 0 Å². The van der Waals surface area contributed by atoms with Gasteiger partial charge in [0.05, 0.1) is 6.10 Å². The average Bonchev–Trinajstić information content (AvgIpc) is 2.78. The van der Waals surface area contributed by atoms with E-state index in [9.17, 15) is 0 Å². The predicted octanol–water partition coefficient (Wildman–Crippen LogP) is 2.54. The number of fused-ring (bicyclic) bond motifs is 2. The van der Waals surface area contributed by atoms with Gasteiger partial charge < -0.3 is 9.30 Å². The molecule has 3 heteroatoms. The van der Waals surface area contributed by atoms with Crippen molar-refractivity contribution in [3.8, 4) is 0 Å². The molecule has 1 unspecified atom stereocenters. The van der Waals surface area contributed by atoms with E-state index in [-0.39, 0.29) is 0 Å². The lowest BCUT2D eigenvalue weighted by atomic mass is 9.74. The quantitative estimate of drug-likeness (QED) is 0.792. The number of ether oxygens (including phenoxy) is 1. The zero-order valence-electron chi connectivity index (χ0n) is 12.5. The van der Waals surface area contributed by atoms with Gasteiger partial charge in [-0.15, -0.1) is 0 Å². The molecule has 1 aliphatic heterocycles. The van der Waals surface area contributed by atoms with E-state index in [2.05, 4.69) is 48.0 Å². The SMILES string of the molecule is COC1C[C@@H]2c3cccc4c3c(cn4C)C[C@H]2N(C)C1. The summed E-state index contributed by atoms with van der Waals surface area (Å²) in [5.74, 6) is 0.609. The number of rotatable bonds is 1. The fourth-order valence-electron chi connectivity index (χ4n) is 4.34. The van der Waals surface area contributed by atoms with Gasteiger partial charge in [-0.05, 0) is 37.1 Å². The molecule has 0 radical (unpaired) electrons. The highest BCUT2D eigenvalue weighted by Crippen LogP contribution is 2.43. The first-order chi connectivity index (χ1) is 9.69. The highest BCUT2D eigenvalue weighted by molar-refractivity contribution is 5.89. The maximum absolute atomic E-state index is 5.65.